The third kappa shape index (κ3) is 4.49. The first-order valence-corrected chi connectivity index (χ1v) is 9.20. The van der Waals surface area contributed by atoms with Gasteiger partial charge in [0.2, 0.25) is 6.79 Å². The van der Waals surface area contributed by atoms with Gasteiger partial charge in [0.15, 0.2) is 11.5 Å². The molecule has 1 unspecified atom stereocenters. The normalized spacial score (nSPS) is 17.7. The van der Waals surface area contributed by atoms with Crippen molar-refractivity contribution in [3.63, 3.8) is 0 Å². The highest BCUT2D eigenvalue weighted by Gasteiger charge is 2.23. The van der Waals surface area contributed by atoms with Gasteiger partial charge in [0, 0.05) is 38.6 Å². The third-order valence-corrected chi connectivity index (χ3v) is 4.71. The molecule has 0 radical (unpaired) electrons. The van der Waals surface area contributed by atoms with Gasteiger partial charge in [-0.3, -0.25) is 4.98 Å². The number of nitrogens with one attached hydrogen (secondary N) is 1. The smallest absolute Gasteiger partial charge is 0.318 e. The van der Waals surface area contributed by atoms with E-state index in [1.54, 1.807) is 17.3 Å². The van der Waals surface area contributed by atoms with E-state index in [1.807, 2.05) is 30.3 Å². The molecule has 1 aromatic heterocycles. The summed E-state index contributed by atoms with van der Waals surface area (Å²) in [5, 5.41) is 3.00. The van der Waals surface area contributed by atoms with Crippen LogP contribution in [-0.4, -0.2) is 42.0 Å². The fourth-order valence-electron chi connectivity index (χ4n) is 3.31. The molecule has 1 aromatic carbocycles. The molecule has 2 aromatic rings. The Labute approximate surface area is 158 Å². The van der Waals surface area contributed by atoms with E-state index in [0.717, 1.165) is 36.3 Å². The van der Waals surface area contributed by atoms with Crippen LogP contribution < -0.4 is 14.8 Å². The Balaban J connectivity index is 1.39. The Bertz CT molecular complexity index is 778. The average Bonchev–Trinajstić information content (AvgIpc) is 3.37. The lowest BCUT2D eigenvalue weighted by atomic mass is 10.2. The highest BCUT2D eigenvalue weighted by Crippen LogP contribution is 2.32. The maximum atomic E-state index is 12.8. The van der Waals surface area contributed by atoms with Gasteiger partial charge in [-0.15, -0.1) is 0 Å². The number of carbonyl (C=O) groups is 1. The number of aromatic nitrogens is 1. The number of hydrogen-bond acceptors (Lipinski definition) is 5. The van der Waals surface area contributed by atoms with Crippen LogP contribution in [0.1, 0.15) is 24.0 Å². The molecule has 0 bridgehead atoms. The monoisotopic (exact) mass is 369 g/mol. The Morgan fingerprint density at radius 2 is 2.15 bits per heavy atom. The second kappa shape index (κ2) is 8.26. The Morgan fingerprint density at radius 1 is 1.22 bits per heavy atom. The van der Waals surface area contributed by atoms with Crippen molar-refractivity contribution in [2.45, 2.75) is 32.0 Å². The van der Waals surface area contributed by atoms with Crippen LogP contribution in [0.2, 0.25) is 0 Å². The molecule has 7 heteroatoms. The zero-order valence-corrected chi connectivity index (χ0v) is 15.1. The number of rotatable bonds is 6. The van der Waals surface area contributed by atoms with Gasteiger partial charge in [-0.25, -0.2) is 4.79 Å². The minimum absolute atomic E-state index is 0.0953. The lowest BCUT2D eigenvalue weighted by Crippen LogP contribution is -2.43. The summed E-state index contributed by atoms with van der Waals surface area (Å²) < 4.78 is 16.4. The third-order valence-electron chi connectivity index (χ3n) is 4.71. The van der Waals surface area contributed by atoms with Crippen LogP contribution in [0.15, 0.2) is 42.7 Å². The lowest BCUT2D eigenvalue weighted by molar-refractivity contribution is 0.0794. The number of nitrogens with zero attached hydrogens (tertiary/aromatic N) is 2. The largest absolute Gasteiger partial charge is 0.454 e. The Hall–Kier alpha value is -2.80. The van der Waals surface area contributed by atoms with Gasteiger partial charge in [0.25, 0.3) is 0 Å². The van der Waals surface area contributed by atoms with E-state index >= 15 is 0 Å². The van der Waals surface area contributed by atoms with Crippen LogP contribution in [-0.2, 0) is 17.8 Å². The average molecular weight is 369 g/mol. The number of hydrogen-bond donors (Lipinski definition) is 1. The number of ether oxygens (including phenoxy) is 3. The summed E-state index contributed by atoms with van der Waals surface area (Å²) >= 11 is 0. The summed E-state index contributed by atoms with van der Waals surface area (Å²) in [7, 11) is 0. The Kier molecular flexibility index (Phi) is 5.39. The molecule has 0 saturated carbocycles. The maximum Gasteiger partial charge on any atom is 0.318 e. The van der Waals surface area contributed by atoms with Crippen molar-refractivity contribution in [2.75, 3.05) is 19.9 Å². The first kappa shape index (κ1) is 17.6. The summed E-state index contributed by atoms with van der Waals surface area (Å²) in [4.78, 5) is 18.8. The molecule has 1 N–H and O–H groups in total. The minimum Gasteiger partial charge on any atom is -0.454 e. The van der Waals surface area contributed by atoms with E-state index in [2.05, 4.69) is 10.3 Å². The lowest BCUT2D eigenvalue weighted by Gasteiger charge is -2.26. The van der Waals surface area contributed by atoms with Crippen molar-refractivity contribution in [3.8, 4) is 11.5 Å². The molecule has 1 fully saturated rings. The van der Waals surface area contributed by atoms with Crippen molar-refractivity contribution < 1.29 is 19.0 Å². The molecule has 27 heavy (non-hydrogen) atoms. The maximum absolute atomic E-state index is 12.8. The van der Waals surface area contributed by atoms with Crippen molar-refractivity contribution in [2.24, 2.45) is 0 Å². The van der Waals surface area contributed by atoms with Crippen LogP contribution in [0.5, 0.6) is 11.5 Å². The molecule has 1 atom stereocenters. The van der Waals surface area contributed by atoms with E-state index in [0.29, 0.717) is 25.4 Å². The second-order valence-electron chi connectivity index (χ2n) is 6.72. The standard InChI is InChI=1S/C20H23N3O4/c24-20(22-11-15-5-6-18-19(9-15)27-14-26-18)23(13-17-4-2-8-25-17)12-16-3-1-7-21-10-16/h1,3,5-7,9-10,17H,2,4,8,11-14H2,(H,22,24). The molecule has 142 valence electrons. The van der Waals surface area contributed by atoms with E-state index in [9.17, 15) is 4.79 Å². The van der Waals surface area contributed by atoms with E-state index in [4.69, 9.17) is 14.2 Å². The van der Waals surface area contributed by atoms with Crippen LogP contribution in [0.4, 0.5) is 4.79 Å². The van der Waals surface area contributed by atoms with Gasteiger partial charge in [-0.1, -0.05) is 12.1 Å². The summed E-state index contributed by atoms with van der Waals surface area (Å²) in [6.45, 7) is 2.50. The number of urea groups is 1. The molecular weight excluding hydrogens is 346 g/mol. The summed E-state index contributed by atoms with van der Waals surface area (Å²) in [5.74, 6) is 1.45. The molecule has 2 aliphatic rings. The van der Waals surface area contributed by atoms with E-state index in [-0.39, 0.29) is 18.9 Å². The van der Waals surface area contributed by atoms with Gasteiger partial charge in [0.05, 0.1) is 6.10 Å². The molecule has 2 amide bonds. The van der Waals surface area contributed by atoms with Crippen LogP contribution >= 0.6 is 0 Å². The molecule has 2 aliphatic heterocycles. The highest BCUT2D eigenvalue weighted by atomic mass is 16.7. The quantitative estimate of drug-likeness (QED) is 0.848. The van der Waals surface area contributed by atoms with E-state index in [1.165, 1.54) is 0 Å². The molecule has 1 saturated heterocycles. The predicted octanol–water partition coefficient (Wildman–Crippen LogP) is 2.70. The number of amides is 2. The van der Waals surface area contributed by atoms with Gasteiger partial charge in [0.1, 0.15) is 0 Å². The van der Waals surface area contributed by atoms with Crippen LogP contribution in [0, 0.1) is 0 Å². The highest BCUT2D eigenvalue weighted by molar-refractivity contribution is 5.74. The van der Waals surface area contributed by atoms with Crippen LogP contribution in [0.25, 0.3) is 0 Å². The zero-order valence-electron chi connectivity index (χ0n) is 15.1. The molecule has 0 spiro atoms. The van der Waals surface area contributed by atoms with Gasteiger partial charge in [-0.2, -0.15) is 0 Å². The Morgan fingerprint density at radius 3 is 2.96 bits per heavy atom. The fraction of sp³-hybridized carbons (Fsp3) is 0.400. The number of fused-ring (bicyclic) bond motifs is 1. The second-order valence-corrected chi connectivity index (χ2v) is 6.72. The summed E-state index contributed by atoms with van der Waals surface area (Å²) in [6, 6.07) is 9.42. The number of pyridine rings is 1. The zero-order chi connectivity index (χ0) is 18.5. The molecule has 4 rings (SSSR count). The number of carbonyl (C=O) groups excluding carboxylic acids is 1. The van der Waals surface area contributed by atoms with Gasteiger partial charge >= 0.3 is 6.03 Å². The van der Waals surface area contributed by atoms with Gasteiger partial charge in [-0.05, 0) is 42.2 Å². The van der Waals surface area contributed by atoms with Crippen molar-refractivity contribution in [3.05, 3.63) is 53.9 Å². The molecule has 3 heterocycles. The van der Waals surface area contributed by atoms with Crippen LogP contribution in [0.3, 0.4) is 0 Å². The first-order valence-electron chi connectivity index (χ1n) is 9.20. The molecular formula is C20H23N3O4. The van der Waals surface area contributed by atoms with Gasteiger partial charge < -0.3 is 24.4 Å². The molecule has 7 nitrogen and oxygen atoms in total. The van der Waals surface area contributed by atoms with Crippen molar-refractivity contribution >= 4 is 6.03 Å². The molecule has 0 aliphatic carbocycles. The first-order chi connectivity index (χ1) is 13.3. The minimum atomic E-state index is -0.119. The van der Waals surface area contributed by atoms with E-state index < -0.39 is 0 Å². The number of benzene rings is 1. The van der Waals surface area contributed by atoms with Crippen molar-refractivity contribution in [1.29, 1.82) is 0 Å². The van der Waals surface area contributed by atoms with Crippen molar-refractivity contribution in [1.82, 2.24) is 15.2 Å². The SMILES string of the molecule is O=C(NCc1ccc2c(c1)OCO2)N(Cc1cccnc1)CC1CCCO1. The topological polar surface area (TPSA) is 72.9 Å². The summed E-state index contributed by atoms with van der Waals surface area (Å²) in [5.41, 5.74) is 1.96. The predicted molar refractivity (Wildman–Crippen MR) is 98.4 cm³/mol. The fourth-order valence-corrected chi connectivity index (χ4v) is 3.31. The summed E-state index contributed by atoms with van der Waals surface area (Å²) in [6.07, 6.45) is 5.64.